The van der Waals surface area contributed by atoms with Gasteiger partial charge >= 0.3 is 0 Å². The number of nitrogens with one attached hydrogen (secondary N) is 1. The number of para-hydroxylation sites is 2. The number of ether oxygens (including phenoxy) is 2. The molecule has 1 saturated heterocycles. The van der Waals surface area contributed by atoms with Crippen LogP contribution >= 0.6 is 0 Å². The van der Waals surface area contributed by atoms with E-state index in [0.717, 1.165) is 16.5 Å². The Hall–Kier alpha value is -3.65. The molecule has 0 saturated carbocycles. The highest BCUT2D eigenvalue weighted by Gasteiger charge is 2.18. The summed E-state index contributed by atoms with van der Waals surface area (Å²) in [6, 6.07) is 14.8. The van der Waals surface area contributed by atoms with Crippen LogP contribution in [0.5, 0.6) is 5.75 Å². The summed E-state index contributed by atoms with van der Waals surface area (Å²) in [5, 5.41) is 5.07. The second kappa shape index (κ2) is 9.44. The monoisotopic (exact) mass is 420 g/mol. The molecule has 1 aliphatic heterocycles. The summed E-state index contributed by atoms with van der Waals surface area (Å²) in [4.78, 5) is 26.9. The molecule has 0 unspecified atom stereocenters. The van der Waals surface area contributed by atoms with Crippen molar-refractivity contribution in [2.45, 2.75) is 6.54 Å². The Morgan fingerprint density at radius 3 is 2.68 bits per heavy atom. The fourth-order valence-corrected chi connectivity index (χ4v) is 3.62. The third-order valence-electron chi connectivity index (χ3n) is 5.21. The molecule has 160 valence electrons. The van der Waals surface area contributed by atoms with Crippen LogP contribution in [0.2, 0.25) is 0 Å². The van der Waals surface area contributed by atoms with Gasteiger partial charge in [-0.3, -0.25) is 9.59 Å². The highest BCUT2D eigenvalue weighted by Crippen LogP contribution is 2.21. The highest BCUT2D eigenvalue weighted by atomic mass is 16.5. The van der Waals surface area contributed by atoms with E-state index in [1.54, 1.807) is 30.5 Å². The number of morpholine rings is 1. The smallest absolute Gasteiger partial charge is 0.275 e. The van der Waals surface area contributed by atoms with Crippen LogP contribution in [0.4, 0.5) is 0 Å². The Morgan fingerprint density at radius 2 is 1.87 bits per heavy atom. The number of hydrogen-bond donors (Lipinski definition) is 1. The van der Waals surface area contributed by atoms with Gasteiger partial charge in [0, 0.05) is 35.8 Å². The first-order valence-corrected chi connectivity index (χ1v) is 10.1. The van der Waals surface area contributed by atoms with E-state index in [-0.39, 0.29) is 18.4 Å². The summed E-state index contributed by atoms with van der Waals surface area (Å²) in [7, 11) is 1.52. The Kier molecular flexibility index (Phi) is 6.28. The van der Waals surface area contributed by atoms with Gasteiger partial charge in [-0.1, -0.05) is 30.3 Å². The zero-order chi connectivity index (χ0) is 21.6. The van der Waals surface area contributed by atoms with Gasteiger partial charge in [0.2, 0.25) is 5.91 Å². The molecule has 31 heavy (non-hydrogen) atoms. The van der Waals surface area contributed by atoms with Crippen LogP contribution in [0.3, 0.4) is 0 Å². The molecular formula is C23H24N4O4. The summed E-state index contributed by atoms with van der Waals surface area (Å²) < 4.78 is 12.5. The van der Waals surface area contributed by atoms with Gasteiger partial charge in [0.05, 0.1) is 32.1 Å². The average Bonchev–Trinajstić information content (AvgIpc) is 3.17. The van der Waals surface area contributed by atoms with E-state index in [1.165, 1.54) is 7.11 Å². The van der Waals surface area contributed by atoms with E-state index >= 15 is 0 Å². The Labute approximate surface area is 180 Å². The summed E-state index contributed by atoms with van der Waals surface area (Å²) in [5.74, 6) is 0.172. The standard InChI is InChI=1S/C23H24N4O4/c1-30-21-9-5-3-7-19(21)23(29)25-24-14-17-15-27(20-8-4-2-6-18(17)20)16-22(28)26-10-12-31-13-11-26/h2-9,14-15H,10-13,16H2,1H3,(H,25,29)/b24-14-. The maximum Gasteiger partial charge on any atom is 0.275 e. The Bertz CT molecular complexity index is 1120. The minimum absolute atomic E-state index is 0.0528. The molecule has 0 radical (unpaired) electrons. The van der Waals surface area contributed by atoms with Crippen LogP contribution in [-0.4, -0.2) is 60.9 Å². The molecule has 0 bridgehead atoms. The van der Waals surface area contributed by atoms with E-state index < -0.39 is 0 Å². The lowest BCUT2D eigenvalue weighted by Crippen LogP contribution is -2.42. The number of nitrogens with zero attached hydrogens (tertiary/aromatic N) is 3. The van der Waals surface area contributed by atoms with Crippen molar-refractivity contribution in [3.63, 3.8) is 0 Å². The van der Waals surface area contributed by atoms with Crippen molar-refractivity contribution in [1.82, 2.24) is 14.9 Å². The first-order chi connectivity index (χ1) is 15.2. The van der Waals surface area contributed by atoms with E-state index in [1.807, 2.05) is 39.9 Å². The molecule has 2 heterocycles. The molecule has 0 aliphatic carbocycles. The van der Waals surface area contributed by atoms with E-state index in [4.69, 9.17) is 9.47 Å². The highest BCUT2D eigenvalue weighted by molar-refractivity contribution is 6.01. The molecule has 3 aromatic rings. The molecule has 0 atom stereocenters. The molecule has 2 aromatic carbocycles. The summed E-state index contributed by atoms with van der Waals surface area (Å²) in [5.41, 5.74) is 4.69. The number of benzene rings is 2. The fraction of sp³-hybridized carbons (Fsp3) is 0.261. The SMILES string of the molecule is COc1ccccc1C(=O)N/N=C\c1cn(CC(=O)N2CCOCC2)c2ccccc12. The number of hydrogen-bond acceptors (Lipinski definition) is 5. The number of carbonyl (C=O) groups is 2. The van der Waals surface area contributed by atoms with Gasteiger partial charge in [-0.15, -0.1) is 0 Å². The summed E-state index contributed by atoms with van der Waals surface area (Å²) in [6.07, 6.45) is 3.47. The number of hydrazone groups is 1. The maximum absolute atomic E-state index is 12.7. The van der Waals surface area contributed by atoms with Crippen molar-refractivity contribution < 1.29 is 19.1 Å². The molecule has 1 aliphatic rings. The lowest BCUT2D eigenvalue weighted by atomic mass is 10.2. The van der Waals surface area contributed by atoms with Gasteiger partial charge in [0.25, 0.3) is 5.91 Å². The number of carbonyl (C=O) groups excluding carboxylic acids is 2. The topological polar surface area (TPSA) is 85.2 Å². The van der Waals surface area contributed by atoms with Crippen LogP contribution in [0.1, 0.15) is 15.9 Å². The number of fused-ring (bicyclic) bond motifs is 1. The second-order valence-corrected chi connectivity index (χ2v) is 7.12. The van der Waals surface area contributed by atoms with Crippen molar-refractivity contribution in [1.29, 1.82) is 0 Å². The van der Waals surface area contributed by atoms with Gasteiger partial charge in [-0.05, 0) is 18.2 Å². The lowest BCUT2D eigenvalue weighted by Gasteiger charge is -2.27. The van der Waals surface area contributed by atoms with E-state index in [0.29, 0.717) is 37.6 Å². The quantitative estimate of drug-likeness (QED) is 0.490. The first kappa shape index (κ1) is 20.6. The minimum atomic E-state index is -0.361. The van der Waals surface area contributed by atoms with Crippen LogP contribution in [-0.2, 0) is 16.1 Å². The van der Waals surface area contributed by atoms with Gasteiger partial charge in [-0.2, -0.15) is 5.10 Å². The van der Waals surface area contributed by atoms with E-state index in [9.17, 15) is 9.59 Å². The molecule has 0 spiro atoms. The predicted octanol–water partition coefficient (Wildman–Crippen LogP) is 2.27. The van der Waals surface area contributed by atoms with Crippen LogP contribution in [0, 0.1) is 0 Å². The summed E-state index contributed by atoms with van der Waals surface area (Å²) in [6.45, 7) is 2.61. The van der Waals surface area contributed by atoms with E-state index in [2.05, 4.69) is 10.5 Å². The number of methoxy groups -OCH3 is 1. The Morgan fingerprint density at radius 1 is 1.13 bits per heavy atom. The van der Waals surface area contributed by atoms with Crippen molar-refractivity contribution >= 4 is 28.9 Å². The zero-order valence-electron chi connectivity index (χ0n) is 17.3. The fourth-order valence-electron chi connectivity index (χ4n) is 3.62. The molecular weight excluding hydrogens is 396 g/mol. The number of amides is 2. The van der Waals surface area contributed by atoms with Gasteiger partial charge in [0.1, 0.15) is 12.3 Å². The van der Waals surface area contributed by atoms with Crippen molar-refractivity contribution in [2.24, 2.45) is 5.10 Å². The third kappa shape index (κ3) is 4.59. The normalized spacial score (nSPS) is 14.2. The van der Waals surface area contributed by atoms with Crippen LogP contribution in [0.25, 0.3) is 10.9 Å². The largest absolute Gasteiger partial charge is 0.496 e. The molecule has 8 heteroatoms. The zero-order valence-corrected chi connectivity index (χ0v) is 17.3. The molecule has 1 fully saturated rings. The molecule has 1 aromatic heterocycles. The Balaban J connectivity index is 1.51. The van der Waals surface area contributed by atoms with Crippen LogP contribution < -0.4 is 10.2 Å². The minimum Gasteiger partial charge on any atom is -0.496 e. The lowest BCUT2D eigenvalue weighted by molar-refractivity contribution is -0.135. The van der Waals surface area contributed by atoms with Gasteiger partial charge in [-0.25, -0.2) is 5.43 Å². The molecule has 1 N–H and O–H groups in total. The maximum atomic E-state index is 12.7. The average molecular weight is 420 g/mol. The second-order valence-electron chi connectivity index (χ2n) is 7.12. The molecule has 4 rings (SSSR count). The van der Waals surface area contributed by atoms with Crippen molar-refractivity contribution in [3.05, 3.63) is 65.9 Å². The number of aromatic nitrogens is 1. The molecule has 2 amide bonds. The van der Waals surface area contributed by atoms with Gasteiger partial charge in [0.15, 0.2) is 0 Å². The van der Waals surface area contributed by atoms with Crippen LogP contribution in [0.15, 0.2) is 59.8 Å². The van der Waals surface area contributed by atoms with Crippen molar-refractivity contribution in [3.8, 4) is 5.75 Å². The third-order valence-corrected chi connectivity index (χ3v) is 5.21. The van der Waals surface area contributed by atoms with Gasteiger partial charge < -0.3 is 18.9 Å². The first-order valence-electron chi connectivity index (χ1n) is 10.1. The van der Waals surface area contributed by atoms with Crippen molar-refractivity contribution in [2.75, 3.05) is 33.4 Å². The predicted molar refractivity (Wildman–Crippen MR) is 117 cm³/mol. The number of rotatable bonds is 6. The summed E-state index contributed by atoms with van der Waals surface area (Å²) >= 11 is 0. The molecule has 8 nitrogen and oxygen atoms in total.